The molecule has 4 aromatic rings. The van der Waals surface area contributed by atoms with Gasteiger partial charge in [0, 0.05) is 17.1 Å². The summed E-state index contributed by atoms with van der Waals surface area (Å²) in [6.07, 6.45) is 1.96. The van der Waals surface area contributed by atoms with E-state index in [2.05, 4.69) is 10.6 Å². The number of amides is 1. The first-order chi connectivity index (χ1) is 19.4. The molecule has 0 saturated carbocycles. The molecule has 1 saturated heterocycles. The van der Waals surface area contributed by atoms with Crippen LogP contribution in [-0.2, 0) is 22.6 Å². The molecule has 202 valence electrons. The highest BCUT2D eigenvalue weighted by Crippen LogP contribution is 2.35. The predicted molar refractivity (Wildman–Crippen MR) is 161 cm³/mol. The van der Waals surface area contributed by atoms with Crippen molar-refractivity contribution in [2.24, 2.45) is 4.99 Å². The monoisotopic (exact) mass is 549 g/mol. The second-order valence-electron chi connectivity index (χ2n) is 9.50. The van der Waals surface area contributed by atoms with Gasteiger partial charge in [-0.25, -0.2) is 4.79 Å². The molecule has 1 fully saturated rings. The summed E-state index contributed by atoms with van der Waals surface area (Å²) in [5, 5.41) is 0.701. The number of rotatable bonds is 8. The summed E-state index contributed by atoms with van der Waals surface area (Å²) < 4.78 is 7.23. The van der Waals surface area contributed by atoms with Crippen LogP contribution in [0.25, 0.3) is 11.8 Å². The molecule has 3 aromatic carbocycles. The van der Waals surface area contributed by atoms with Gasteiger partial charge in [-0.05, 0) is 85.6 Å². The van der Waals surface area contributed by atoms with Gasteiger partial charge in [0.25, 0.3) is 5.91 Å². The van der Waals surface area contributed by atoms with E-state index < -0.39 is 0 Å². The highest BCUT2D eigenvalue weighted by molar-refractivity contribution is 8.18. The number of aromatic nitrogens is 1. The summed E-state index contributed by atoms with van der Waals surface area (Å²) >= 11 is 1.42. The number of amidine groups is 1. The molecular weight excluding hydrogens is 518 g/mol. The number of nitrogens with zero attached hydrogens (tertiary/aromatic N) is 3. The Morgan fingerprint density at radius 2 is 1.57 bits per heavy atom. The van der Waals surface area contributed by atoms with Gasteiger partial charge in [0.1, 0.15) is 0 Å². The molecule has 1 aliphatic heterocycles. The van der Waals surface area contributed by atoms with Crippen LogP contribution in [-0.4, -0.2) is 33.1 Å². The Kier molecular flexibility index (Phi) is 8.31. The van der Waals surface area contributed by atoms with Gasteiger partial charge in [-0.15, -0.1) is 0 Å². The number of hydrogen-bond donors (Lipinski definition) is 0. The second-order valence-corrected chi connectivity index (χ2v) is 10.5. The Labute approximate surface area is 239 Å². The standard InChI is InChI=1S/C33H31N3O3S/c1-4-39-32(38)27-15-17-29(18-16-27)36-23(2)19-28(24(36)3)20-30-31(37)35(22-26-13-9-6-10-14-26)33(40-30)34-21-25-11-7-5-8-12-25/h5-20H,4,21-22H2,1-3H3/b30-20-,34-33?. The summed E-state index contributed by atoms with van der Waals surface area (Å²) in [4.78, 5) is 33.0. The topological polar surface area (TPSA) is 63.9 Å². The zero-order valence-corrected chi connectivity index (χ0v) is 23.7. The van der Waals surface area contributed by atoms with Crippen molar-refractivity contribution >= 4 is 34.9 Å². The van der Waals surface area contributed by atoms with E-state index in [0.29, 0.717) is 35.3 Å². The maximum Gasteiger partial charge on any atom is 0.338 e. The predicted octanol–water partition coefficient (Wildman–Crippen LogP) is 6.94. The molecule has 2 heterocycles. The number of hydrogen-bond acceptors (Lipinski definition) is 5. The molecule has 0 atom stereocenters. The third kappa shape index (κ3) is 5.95. The van der Waals surface area contributed by atoms with E-state index >= 15 is 0 Å². The number of esters is 1. The van der Waals surface area contributed by atoms with Gasteiger partial charge >= 0.3 is 5.97 Å². The van der Waals surface area contributed by atoms with Gasteiger partial charge in [0.2, 0.25) is 0 Å². The zero-order valence-electron chi connectivity index (χ0n) is 22.8. The first-order valence-corrected chi connectivity index (χ1v) is 14.1. The van der Waals surface area contributed by atoms with Crippen LogP contribution in [0, 0.1) is 13.8 Å². The summed E-state index contributed by atoms with van der Waals surface area (Å²) in [6.45, 7) is 7.17. The van der Waals surface area contributed by atoms with Crippen LogP contribution < -0.4 is 0 Å². The molecule has 0 N–H and O–H groups in total. The molecule has 1 aromatic heterocycles. The van der Waals surface area contributed by atoms with E-state index in [1.54, 1.807) is 24.0 Å². The largest absolute Gasteiger partial charge is 0.462 e. The van der Waals surface area contributed by atoms with Gasteiger partial charge in [-0.1, -0.05) is 60.7 Å². The molecule has 6 nitrogen and oxygen atoms in total. The van der Waals surface area contributed by atoms with Crippen molar-refractivity contribution < 1.29 is 14.3 Å². The van der Waals surface area contributed by atoms with Gasteiger partial charge in [0.15, 0.2) is 5.17 Å². The van der Waals surface area contributed by atoms with Gasteiger partial charge in [0.05, 0.1) is 30.2 Å². The maximum absolute atomic E-state index is 13.7. The average Bonchev–Trinajstić information content (AvgIpc) is 3.42. The molecule has 1 amide bonds. The second kappa shape index (κ2) is 12.2. The molecule has 1 aliphatic rings. The Bertz CT molecular complexity index is 1570. The zero-order chi connectivity index (χ0) is 28.1. The lowest BCUT2D eigenvalue weighted by molar-refractivity contribution is -0.122. The highest BCUT2D eigenvalue weighted by atomic mass is 32.2. The molecular formula is C33H31N3O3S. The molecule has 0 bridgehead atoms. The molecule has 0 spiro atoms. The first kappa shape index (κ1) is 27.2. The SMILES string of the molecule is CCOC(=O)c1ccc(-n2c(C)cc(/C=C3\SC(=NCc4ccccc4)N(Cc4ccccc4)C3=O)c2C)cc1. The molecule has 0 radical (unpaired) electrons. The molecule has 0 unspecified atom stereocenters. The van der Waals surface area contributed by atoms with Crippen LogP contribution in [0.4, 0.5) is 0 Å². The van der Waals surface area contributed by atoms with Crippen molar-refractivity contribution in [3.63, 3.8) is 0 Å². The van der Waals surface area contributed by atoms with Crippen LogP contribution in [0.15, 0.2) is 101 Å². The van der Waals surface area contributed by atoms with Crippen LogP contribution in [0.3, 0.4) is 0 Å². The Balaban J connectivity index is 1.44. The van der Waals surface area contributed by atoms with Gasteiger partial charge in [-0.2, -0.15) is 0 Å². The molecule has 5 rings (SSSR count). The van der Waals surface area contributed by atoms with E-state index in [0.717, 1.165) is 33.8 Å². The minimum absolute atomic E-state index is 0.0516. The van der Waals surface area contributed by atoms with E-state index in [1.165, 1.54) is 11.8 Å². The van der Waals surface area contributed by atoms with E-state index in [9.17, 15) is 9.59 Å². The normalized spacial score (nSPS) is 15.3. The van der Waals surface area contributed by atoms with Crippen molar-refractivity contribution in [3.8, 4) is 5.69 Å². The number of aliphatic imine (C=N–C) groups is 1. The number of benzene rings is 3. The minimum Gasteiger partial charge on any atom is -0.462 e. The summed E-state index contributed by atoms with van der Waals surface area (Å²) in [6, 6.07) is 29.5. The first-order valence-electron chi connectivity index (χ1n) is 13.2. The highest BCUT2D eigenvalue weighted by Gasteiger charge is 2.33. The number of carbonyl (C=O) groups is 2. The lowest BCUT2D eigenvalue weighted by atomic mass is 10.2. The Morgan fingerprint density at radius 3 is 2.23 bits per heavy atom. The quantitative estimate of drug-likeness (QED) is 0.176. The van der Waals surface area contributed by atoms with Crippen molar-refractivity contribution in [1.29, 1.82) is 0 Å². The fourth-order valence-corrected chi connectivity index (χ4v) is 5.67. The fourth-order valence-electron chi connectivity index (χ4n) is 4.71. The average molecular weight is 550 g/mol. The van der Waals surface area contributed by atoms with Crippen molar-refractivity contribution in [3.05, 3.63) is 130 Å². The van der Waals surface area contributed by atoms with Crippen LogP contribution >= 0.6 is 11.8 Å². The van der Waals surface area contributed by atoms with Crippen molar-refractivity contribution in [2.45, 2.75) is 33.9 Å². The molecule has 0 aliphatic carbocycles. The van der Waals surface area contributed by atoms with Crippen molar-refractivity contribution in [1.82, 2.24) is 9.47 Å². The fraction of sp³-hybridized carbons (Fsp3) is 0.182. The minimum atomic E-state index is -0.331. The lowest BCUT2D eigenvalue weighted by Gasteiger charge is -2.15. The van der Waals surface area contributed by atoms with E-state index in [1.807, 2.05) is 92.7 Å². The Hall–Kier alpha value is -4.36. The van der Waals surface area contributed by atoms with Crippen molar-refractivity contribution in [2.75, 3.05) is 6.61 Å². The number of carbonyl (C=O) groups excluding carboxylic acids is 2. The smallest absolute Gasteiger partial charge is 0.338 e. The van der Waals surface area contributed by atoms with E-state index in [-0.39, 0.29) is 11.9 Å². The maximum atomic E-state index is 13.7. The molecule has 40 heavy (non-hydrogen) atoms. The number of thioether (sulfide) groups is 1. The Morgan fingerprint density at radius 1 is 0.925 bits per heavy atom. The third-order valence-electron chi connectivity index (χ3n) is 6.70. The van der Waals surface area contributed by atoms with Gasteiger partial charge in [-0.3, -0.25) is 14.7 Å². The summed E-state index contributed by atoms with van der Waals surface area (Å²) in [5.41, 5.74) is 6.60. The lowest BCUT2D eigenvalue weighted by Crippen LogP contribution is -2.28. The van der Waals surface area contributed by atoms with Crippen LogP contribution in [0.5, 0.6) is 0 Å². The van der Waals surface area contributed by atoms with Crippen LogP contribution in [0.2, 0.25) is 0 Å². The third-order valence-corrected chi connectivity index (χ3v) is 7.75. The summed E-state index contributed by atoms with van der Waals surface area (Å²) in [5.74, 6) is -0.383. The molecule has 7 heteroatoms. The number of ether oxygens (including phenoxy) is 1. The summed E-state index contributed by atoms with van der Waals surface area (Å²) in [7, 11) is 0. The van der Waals surface area contributed by atoms with Gasteiger partial charge < -0.3 is 9.30 Å². The van der Waals surface area contributed by atoms with Crippen LogP contribution in [0.1, 0.15) is 45.4 Å². The van der Waals surface area contributed by atoms with E-state index in [4.69, 9.17) is 9.73 Å². The number of aryl methyl sites for hydroxylation is 1.